The van der Waals surface area contributed by atoms with E-state index < -0.39 is 11.6 Å². The molecule has 2 heteroatoms. The summed E-state index contributed by atoms with van der Waals surface area (Å²) in [5, 5.41) is 0. The second-order valence-electron chi connectivity index (χ2n) is 7.41. The first kappa shape index (κ1) is 19.4. The molecule has 27 heavy (non-hydrogen) atoms. The van der Waals surface area contributed by atoms with E-state index in [2.05, 4.69) is 18.4 Å². The smallest absolute Gasteiger partial charge is 0.159 e. The van der Waals surface area contributed by atoms with Crippen molar-refractivity contribution in [3.05, 3.63) is 72.3 Å². The molecule has 0 saturated heterocycles. The molecule has 3 rings (SSSR count). The summed E-state index contributed by atoms with van der Waals surface area (Å²) >= 11 is 0. The Balaban J connectivity index is 1.55. The van der Waals surface area contributed by atoms with E-state index in [0.29, 0.717) is 11.5 Å². The van der Waals surface area contributed by atoms with E-state index in [1.54, 1.807) is 6.07 Å². The van der Waals surface area contributed by atoms with Gasteiger partial charge >= 0.3 is 0 Å². The number of hydrogen-bond donors (Lipinski definition) is 0. The van der Waals surface area contributed by atoms with Crippen LogP contribution in [0, 0.1) is 35.3 Å². The number of halogens is 2. The number of benzene rings is 2. The summed E-state index contributed by atoms with van der Waals surface area (Å²) in [6.45, 7) is 3.79. The minimum Gasteiger partial charge on any atom is -0.204 e. The number of allylic oxidation sites excluding steroid dienone is 1. The van der Waals surface area contributed by atoms with Crippen LogP contribution in [-0.4, -0.2) is 0 Å². The maximum atomic E-state index is 13.4. The second kappa shape index (κ2) is 9.51. The molecule has 0 aromatic heterocycles. The number of unbranched alkanes of at least 4 members (excludes halogenated alkanes) is 1. The zero-order valence-corrected chi connectivity index (χ0v) is 15.7. The topological polar surface area (TPSA) is 0 Å². The maximum Gasteiger partial charge on any atom is 0.159 e. The van der Waals surface area contributed by atoms with Crippen LogP contribution in [0.2, 0.25) is 0 Å². The molecule has 0 unspecified atom stereocenters. The van der Waals surface area contributed by atoms with Gasteiger partial charge in [0, 0.05) is 11.5 Å². The van der Waals surface area contributed by atoms with Gasteiger partial charge in [-0.3, -0.25) is 0 Å². The SMILES string of the molecule is C=CCCC[C@H]1CC[C@H](C#Cc2ccc(-c3ccc(F)c(F)c3)cc2)CC1. The first-order valence-electron chi connectivity index (χ1n) is 9.83. The predicted molar refractivity (Wildman–Crippen MR) is 108 cm³/mol. The summed E-state index contributed by atoms with van der Waals surface area (Å²) in [4.78, 5) is 0. The highest BCUT2D eigenvalue weighted by Crippen LogP contribution is 2.31. The highest BCUT2D eigenvalue weighted by Gasteiger charge is 2.19. The largest absolute Gasteiger partial charge is 0.204 e. The first-order valence-corrected chi connectivity index (χ1v) is 9.83. The van der Waals surface area contributed by atoms with Crippen LogP contribution in [0.15, 0.2) is 55.1 Å². The molecule has 140 valence electrons. The standard InChI is InChI=1S/C25H26F2/c1-2-3-4-5-19-6-8-20(9-7-19)10-11-21-12-14-22(15-13-21)23-16-17-24(26)25(27)18-23/h2,12-20H,1,3-9H2/t19-,20-. The van der Waals surface area contributed by atoms with Crippen molar-refractivity contribution in [1.82, 2.24) is 0 Å². The Labute approximate surface area is 161 Å². The molecule has 0 heterocycles. The van der Waals surface area contributed by atoms with Gasteiger partial charge in [-0.25, -0.2) is 8.78 Å². The Bertz CT molecular complexity index is 816. The lowest BCUT2D eigenvalue weighted by Gasteiger charge is -2.25. The number of hydrogen-bond acceptors (Lipinski definition) is 0. The zero-order valence-electron chi connectivity index (χ0n) is 15.7. The summed E-state index contributed by atoms with van der Waals surface area (Å²) in [7, 11) is 0. The molecule has 0 radical (unpaired) electrons. The van der Waals surface area contributed by atoms with Gasteiger partial charge in [0.25, 0.3) is 0 Å². The van der Waals surface area contributed by atoms with Gasteiger partial charge in [0.05, 0.1) is 0 Å². The minimum atomic E-state index is -0.823. The monoisotopic (exact) mass is 364 g/mol. The molecule has 0 aliphatic heterocycles. The molecule has 0 nitrogen and oxygen atoms in total. The van der Waals surface area contributed by atoms with Gasteiger partial charge < -0.3 is 0 Å². The summed E-state index contributed by atoms with van der Waals surface area (Å²) in [6.07, 6.45) is 10.7. The summed E-state index contributed by atoms with van der Waals surface area (Å²) in [5.41, 5.74) is 2.50. The molecule has 0 N–H and O–H groups in total. The van der Waals surface area contributed by atoms with Crippen molar-refractivity contribution in [2.75, 3.05) is 0 Å². The third-order valence-electron chi connectivity index (χ3n) is 5.43. The molecule has 0 bridgehead atoms. The number of rotatable bonds is 5. The van der Waals surface area contributed by atoms with Crippen molar-refractivity contribution in [1.29, 1.82) is 0 Å². The molecule has 2 aromatic carbocycles. The molecule has 1 saturated carbocycles. The molecule has 2 aromatic rings. The first-order chi connectivity index (χ1) is 13.2. The lowest BCUT2D eigenvalue weighted by atomic mass is 9.80. The summed E-state index contributed by atoms with van der Waals surface area (Å²) in [6, 6.07) is 11.7. The molecule has 0 spiro atoms. The Morgan fingerprint density at radius 1 is 0.926 bits per heavy atom. The Hall–Kier alpha value is -2.40. The zero-order chi connectivity index (χ0) is 19.1. The second-order valence-corrected chi connectivity index (χ2v) is 7.41. The Kier molecular flexibility index (Phi) is 6.82. The molecular weight excluding hydrogens is 338 g/mol. The minimum absolute atomic E-state index is 0.492. The van der Waals surface area contributed by atoms with Crippen LogP contribution in [-0.2, 0) is 0 Å². The van der Waals surface area contributed by atoms with Gasteiger partial charge in [-0.1, -0.05) is 42.5 Å². The highest BCUT2D eigenvalue weighted by atomic mass is 19.2. The summed E-state index contributed by atoms with van der Waals surface area (Å²) in [5.74, 6) is 6.42. The fraction of sp³-hybridized carbons (Fsp3) is 0.360. The van der Waals surface area contributed by atoms with Crippen molar-refractivity contribution < 1.29 is 8.78 Å². The Morgan fingerprint density at radius 3 is 2.30 bits per heavy atom. The van der Waals surface area contributed by atoms with Gasteiger partial charge in [-0.05, 0) is 79.8 Å². The van der Waals surface area contributed by atoms with Crippen molar-refractivity contribution in [2.45, 2.75) is 44.9 Å². The van der Waals surface area contributed by atoms with Gasteiger partial charge in [0.1, 0.15) is 0 Å². The highest BCUT2D eigenvalue weighted by molar-refractivity contribution is 5.64. The lowest BCUT2D eigenvalue weighted by molar-refractivity contribution is 0.297. The van der Waals surface area contributed by atoms with E-state index in [0.717, 1.165) is 29.5 Å². The van der Waals surface area contributed by atoms with E-state index in [4.69, 9.17) is 0 Å². The average molecular weight is 364 g/mol. The average Bonchev–Trinajstić information content (AvgIpc) is 2.70. The molecular formula is C25H26F2. The van der Waals surface area contributed by atoms with Gasteiger partial charge in [-0.2, -0.15) is 0 Å². The molecule has 0 atom stereocenters. The molecule has 1 aliphatic carbocycles. The van der Waals surface area contributed by atoms with Gasteiger partial charge in [-0.15, -0.1) is 6.58 Å². The van der Waals surface area contributed by atoms with Crippen LogP contribution in [0.25, 0.3) is 11.1 Å². The van der Waals surface area contributed by atoms with E-state index in [1.165, 1.54) is 44.6 Å². The van der Waals surface area contributed by atoms with E-state index in [1.807, 2.05) is 30.3 Å². The predicted octanol–water partition coefficient (Wildman–Crippen LogP) is 7.15. The van der Waals surface area contributed by atoms with E-state index in [9.17, 15) is 8.78 Å². The van der Waals surface area contributed by atoms with Crippen molar-refractivity contribution in [3.8, 4) is 23.0 Å². The van der Waals surface area contributed by atoms with E-state index in [-0.39, 0.29) is 0 Å². The van der Waals surface area contributed by atoms with Crippen LogP contribution in [0.5, 0.6) is 0 Å². The molecule has 1 fully saturated rings. The van der Waals surface area contributed by atoms with E-state index >= 15 is 0 Å². The van der Waals surface area contributed by atoms with Crippen LogP contribution >= 0.6 is 0 Å². The third-order valence-corrected chi connectivity index (χ3v) is 5.43. The molecule has 1 aliphatic rings. The van der Waals surface area contributed by atoms with Crippen LogP contribution in [0.1, 0.15) is 50.5 Å². The lowest BCUT2D eigenvalue weighted by Crippen LogP contribution is -2.13. The van der Waals surface area contributed by atoms with Gasteiger partial charge in [0.2, 0.25) is 0 Å². The van der Waals surface area contributed by atoms with Crippen molar-refractivity contribution in [3.63, 3.8) is 0 Å². The van der Waals surface area contributed by atoms with Crippen molar-refractivity contribution >= 4 is 0 Å². The van der Waals surface area contributed by atoms with Crippen LogP contribution in [0.4, 0.5) is 8.78 Å². The summed E-state index contributed by atoms with van der Waals surface area (Å²) < 4.78 is 26.4. The molecule has 0 amide bonds. The van der Waals surface area contributed by atoms with Gasteiger partial charge in [0.15, 0.2) is 11.6 Å². The maximum absolute atomic E-state index is 13.4. The fourth-order valence-electron chi connectivity index (χ4n) is 3.75. The quantitative estimate of drug-likeness (QED) is 0.300. The van der Waals surface area contributed by atoms with Crippen molar-refractivity contribution in [2.24, 2.45) is 11.8 Å². The fourth-order valence-corrected chi connectivity index (χ4v) is 3.75. The third kappa shape index (κ3) is 5.54. The van der Waals surface area contributed by atoms with Crippen LogP contribution < -0.4 is 0 Å². The Morgan fingerprint density at radius 2 is 1.63 bits per heavy atom. The van der Waals surface area contributed by atoms with Crippen LogP contribution in [0.3, 0.4) is 0 Å². The normalized spacial score (nSPS) is 19.2.